The molecule has 0 amide bonds. The molecule has 3 rings (SSSR count). The average Bonchev–Trinajstić information content (AvgIpc) is 2.74. The highest BCUT2D eigenvalue weighted by Crippen LogP contribution is 2.47. The second-order valence-electron chi connectivity index (χ2n) is 9.21. The van der Waals surface area contributed by atoms with Crippen molar-refractivity contribution in [3.8, 4) is 17.6 Å². The topological polar surface area (TPSA) is 52.6 Å². The van der Waals surface area contributed by atoms with E-state index in [2.05, 4.69) is 39.5 Å². The molecule has 4 heteroatoms. The molecule has 4 nitrogen and oxygen atoms in total. The van der Waals surface area contributed by atoms with Gasteiger partial charge in [-0.15, -0.1) is 0 Å². The minimum atomic E-state index is -0.342. The molecule has 162 valence electrons. The molecular weight excluding hydrogens is 388 g/mol. The van der Waals surface area contributed by atoms with E-state index in [1.54, 1.807) is 31.2 Å². The molecule has 0 atom stereocenters. The fourth-order valence-corrected chi connectivity index (χ4v) is 3.98. The Morgan fingerprint density at radius 1 is 1.03 bits per heavy atom. The number of aldehydes is 1. The Bertz CT molecular complexity index is 1030. The van der Waals surface area contributed by atoms with Crippen molar-refractivity contribution in [3.63, 3.8) is 0 Å². The number of ether oxygens (including phenoxy) is 2. The monoisotopic (exact) mass is 418 g/mol. The quantitative estimate of drug-likeness (QED) is 0.368. The molecule has 31 heavy (non-hydrogen) atoms. The van der Waals surface area contributed by atoms with E-state index in [0.717, 1.165) is 24.7 Å². The van der Waals surface area contributed by atoms with Gasteiger partial charge in [0.25, 0.3) is 0 Å². The number of fused-ring (bicyclic) bond motifs is 1. The maximum Gasteiger partial charge on any atom is 0.338 e. The lowest BCUT2D eigenvalue weighted by Crippen LogP contribution is -2.34. The lowest BCUT2D eigenvalue weighted by Gasteiger charge is -2.42. The summed E-state index contributed by atoms with van der Waals surface area (Å²) < 4.78 is 10.9. The van der Waals surface area contributed by atoms with E-state index >= 15 is 0 Å². The summed E-state index contributed by atoms with van der Waals surface area (Å²) in [5.41, 5.74) is 4.38. The largest absolute Gasteiger partial charge is 0.480 e. The number of esters is 1. The third-order valence-corrected chi connectivity index (χ3v) is 6.04. The lowest BCUT2D eigenvalue weighted by molar-refractivity contribution is 0.0526. The minimum absolute atomic E-state index is 0.0384. The number of benzene rings is 2. The zero-order valence-electron chi connectivity index (χ0n) is 19.0. The van der Waals surface area contributed by atoms with E-state index in [9.17, 15) is 9.59 Å². The highest BCUT2D eigenvalue weighted by molar-refractivity contribution is 5.89. The normalized spacial score (nSPS) is 15.8. The van der Waals surface area contributed by atoms with Crippen LogP contribution in [0.2, 0.25) is 0 Å². The minimum Gasteiger partial charge on any atom is -0.480 e. The van der Waals surface area contributed by atoms with Gasteiger partial charge in [0, 0.05) is 5.56 Å². The molecule has 0 saturated heterocycles. The number of hydrogen-bond donors (Lipinski definition) is 0. The third-order valence-electron chi connectivity index (χ3n) is 6.04. The molecule has 0 N–H and O–H groups in total. The van der Waals surface area contributed by atoms with Gasteiger partial charge in [0.15, 0.2) is 6.29 Å². The van der Waals surface area contributed by atoms with Gasteiger partial charge in [-0.2, -0.15) is 0 Å². The van der Waals surface area contributed by atoms with Gasteiger partial charge in [0.05, 0.1) is 17.7 Å². The fourth-order valence-electron chi connectivity index (χ4n) is 3.98. The van der Waals surface area contributed by atoms with Crippen molar-refractivity contribution in [2.24, 2.45) is 0 Å². The molecule has 0 fully saturated rings. The summed E-state index contributed by atoms with van der Waals surface area (Å²) in [6, 6.07) is 11.0. The Hall–Kier alpha value is -3.06. The van der Waals surface area contributed by atoms with Crippen molar-refractivity contribution in [2.45, 2.75) is 58.3 Å². The Morgan fingerprint density at radius 2 is 1.65 bits per heavy atom. The molecule has 0 saturated carbocycles. The van der Waals surface area contributed by atoms with Crippen LogP contribution in [0.3, 0.4) is 0 Å². The number of hydrogen-bond acceptors (Lipinski definition) is 4. The van der Waals surface area contributed by atoms with Crippen LogP contribution in [0.1, 0.15) is 84.9 Å². The SMILES string of the molecule is CCOC(=O)c1ccc(C#CCOc2cc3c(cc2C=O)C(C)(C)CCC3(C)C)cc1. The molecule has 1 aliphatic rings. The van der Waals surface area contributed by atoms with E-state index in [1.165, 1.54) is 11.1 Å². The van der Waals surface area contributed by atoms with Crippen LogP contribution in [0.15, 0.2) is 36.4 Å². The molecule has 0 bridgehead atoms. The highest BCUT2D eigenvalue weighted by atomic mass is 16.5. The first-order chi connectivity index (χ1) is 14.7. The molecule has 0 heterocycles. The van der Waals surface area contributed by atoms with E-state index in [1.807, 2.05) is 12.1 Å². The zero-order valence-corrected chi connectivity index (χ0v) is 19.0. The van der Waals surface area contributed by atoms with E-state index in [4.69, 9.17) is 9.47 Å². The van der Waals surface area contributed by atoms with Crippen molar-refractivity contribution < 1.29 is 19.1 Å². The van der Waals surface area contributed by atoms with Crippen LogP contribution in [-0.4, -0.2) is 25.5 Å². The number of rotatable bonds is 5. The lowest BCUT2D eigenvalue weighted by atomic mass is 9.63. The fraction of sp³-hybridized carbons (Fsp3) is 0.407. The third kappa shape index (κ3) is 4.99. The summed E-state index contributed by atoms with van der Waals surface area (Å²) in [6.07, 6.45) is 3.04. The summed E-state index contributed by atoms with van der Waals surface area (Å²) in [6.45, 7) is 11.2. The summed E-state index contributed by atoms with van der Waals surface area (Å²) >= 11 is 0. The molecule has 0 aliphatic heterocycles. The Labute approximate surface area is 185 Å². The predicted molar refractivity (Wildman–Crippen MR) is 122 cm³/mol. The van der Waals surface area contributed by atoms with Crippen molar-refractivity contribution in [1.29, 1.82) is 0 Å². The first kappa shape index (κ1) is 22.6. The summed E-state index contributed by atoms with van der Waals surface area (Å²) in [7, 11) is 0. The van der Waals surface area contributed by atoms with Crippen molar-refractivity contribution in [3.05, 3.63) is 64.2 Å². The van der Waals surface area contributed by atoms with E-state index < -0.39 is 0 Å². The van der Waals surface area contributed by atoms with Crippen LogP contribution in [0.25, 0.3) is 0 Å². The smallest absolute Gasteiger partial charge is 0.338 e. The van der Waals surface area contributed by atoms with Crippen LogP contribution in [0.5, 0.6) is 5.75 Å². The summed E-state index contributed by atoms with van der Waals surface area (Å²) in [4.78, 5) is 23.4. The van der Waals surface area contributed by atoms with Gasteiger partial charge in [-0.05, 0) is 78.1 Å². The molecule has 0 radical (unpaired) electrons. The molecule has 2 aromatic carbocycles. The molecular formula is C27H30O4. The Morgan fingerprint density at radius 3 is 2.23 bits per heavy atom. The van der Waals surface area contributed by atoms with Crippen molar-refractivity contribution in [1.82, 2.24) is 0 Å². The first-order valence-corrected chi connectivity index (χ1v) is 10.7. The maximum atomic E-state index is 11.7. The second kappa shape index (κ2) is 8.98. The van der Waals surface area contributed by atoms with E-state index in [-0.39, 0.29) is 23.4 Å². The molecule has 0 spiro atoms. The van der Waals surface area contributed by atoms with Crippen LogP contribution in [0.4, 0.5) is 0 Å². The van der Waals surface area contributed by atoms with Gasteiger partial charge in [-0.25, -0.2) is 4.79 Å². The van der Waals surface area contributed by atoms with Crippen LogP contribution in [-0.2, 0) is 15.6 Å². The van der Waals surface area contributed by atoms with Crippen LogP contribution < -0.4 is 4.74 Å². The molecule has 2 aromatic rings. The molecule has 0 unspecified atom stereocenters. The van der Waals surface area contributed by atoms with Gasteiger partial charge >= 0.3 is 5.97 Å². The highest BCUT2D eigenvalue weighted by Gasteiger charge is 2.37. The second-order valence-corrected chi connectivity index (χ2v) is 9.21. The summed E-state index contributed by atoms with van der Waals surface area (Å²) in [5, 5.41) is 0. The Balaban J connectivity index is 1.76. The van der Waals surface area contributed by atoms with Crippen molar-refractivity contribution in [2.75, 3.05) is 13.2 Å². The van der Waals surface area contributed by atoms with Crippen LogP contribution in [0, 0.1) is 11.8 Å². The summed E-state index contributed by atoms with van der Waals surface area (Å²) in [5.74, 6) is 6.25. The molecule has 1 aliphatic carbocycles. The van der Waals surface area contributed by atoms with Gasteiger partial charge < -0.3 is 9.47 Å². The average molecular weight is 419 g/mol. The first-order valence-electron chi connectivity index (χ1n) is 10.7. The molecule has 0 aromatic heterocycles. The number of carbonyl (C=O) groups excluding carboxylic acids is 2. The van der Waals surface area contributed by atoms with Crippen molar-refractivity contribution >= 4 is 12.3 Å². The standard InChI is InChI=1S/C27H30O4/c1-6-30-25(29)20-11-9-19(10-12-20)8-7-15-31-24-17-23-22(16-21(24)18-28)26(2,3)13-14-27(23,4)5/h9-12,16-18H,6,13-15H2,1-5H3. The van der Waals surface area contributed by atoms with Gasteiger partial charge in [-0.1, -0.05) is 39.5 Å². The Kier molecular flexibility index (Phi) is 6.55. The number of carbonyl (C=O) groups is 2. The van der Waals surface area contributed by atoms with Gasteiger partial charge in [0.1, 0.15) is 12.4 Å². The van der Waals surface area contributed by atoms with Gasteiger partial charge in [0.2, 0.25) is 0 Å². The van der Waals surface area contributed by atoms with Crippen LogP contribution >= 0.6 is 0 Å². The zero-order chi connectivity index (χ0) is 22.6. The van der Waals surface area contributed by atoms with Gasteiger partial charge in [-0.3, -0.25) is 4.79 Å². The predicted octanol–water partition coefficient (Wildman–Crippen LogP) is 5.46. The van der Waals surface area contributed by atoms with E-state index in [0.29, 0.717) is 23.5 Å². The maximum absolute atomic E-state index is 11.7.